The predicted molar refractivity (Wildman–Crippen MR) is 155 cm³/mol. The molecule has 3 N–H and O–H groups in total. The molecule has 10 heteroatoms. The molecule has 0 saturated carbocycles. The third-order valence-electron chi connectivity index (χ3n) is 6.73. The van der Waals surface area contributed by atoms with Crippen molar-refractivity contribution in [1.29, 1.82) is 0 Å². The predicted octanol–water partition coefficient (Wildman–Crippen LogP) is 4.43. The molecule has 2 aromatic rings. The van der Waals surface area contributed by atoms with Gasteiger partial charge in [-0.1, -0.05) is 85.0 Å². The third-order valence-corrected chi connectivity index (χ3v) is 6.73. The van der Waals surface area contributed by atoms with Crippen molar-refractivity contribution in [3.63, 3.8) is 0 Å². The van der Waals surface area contributed by atoms with E-state index in [0.717, 1.165) is 11.1 Å². The van der Waals surface area contributed by atoms with Crippen LogP contribution in [0, 0.1) is 17.8 Å². The number of carboxylic acids is 1. The zero-order chi connectivity index (χ0) is 30.7. The van der Waals surface area contributed by atoms with Crippen molar-refractivity contribution in [2.24, 2.45) is 17.8 Å². The Morgan fingerprint density at radius 3 is 1.69 bits per heavy atom. The number of ether oxygens (including phenoxy) is 3. The maximum absolute atomic E-state index is 11.8. The molecule has 2 aliphatic carbocycles. The molecule has 0 spiro atoms. The Morgan fingerprint density at radius 1 is 0.714 bits per heavy atom. The fourth-order valence-electron chi connectivity index (χ4n) is 4.38. The molecular weight excluding hydrogens is 542 g/mol. The minimum Gasteiger partial charge on any atom is -0.481 e. The smallest absolute Gasteiger partial charge is 0.407 e. The van der Waals surface area contributed by atoms with Crippen LogP contribution < -0.4 is 5.32 Å². The van der Waals surface area contributed by atoms with E-state index < -0.39 is 29.9 Å². The number of amides is 1. The van der Waals surface area contributed by atoms with E-state index in [4.69, 9.17) is 19.7 Å². The summed E-state index contributed by atoms with van der Waals surface area (Å²) in [5, 5.41) is 20.1. The molecule has 0 fully saturated rings. The Bertz CT molecular complexity index is 1180. The van der Waals surface area contributed by atoms with Gasteiger partial charge in [0.05, 0.1) is 38.6 Å². The molecule has 2 aromatic carbocycles. The molecule has 4 atom stereocenters. The number of nitrogens with one attached hydrogen (secondary N) is 1. The largest absolute Gasteiger partial charge is 0.481 e. The fourth-order valence-corrected chi connectivity index (χ4v) is 4.38. The summed E-state index contributed by atoms with van der Waals surface area (Å²) in [6, 6.07) is 18.7. The van der Waals surface area contributed by atoms with E-state index in [-0.39, 0.29) is 31.1 Å². The number of carbonyl (C=O) groups is 4. The van der Waals surface area contributed by atoms with Gasteiger partial charge in [-0.05, 0) is 36.8 Å². The van der Waals surface area contributed by atoms with Gasteiger partial charge in [-0.15, -0.1) is 0 Å². The number of hydrogen-bond donors (Lipinski definition) is 3. The molecule has 42 heavy (non-hydrogen) atoms. The number of benzene rings is 2. The highest BCUT2D eigenvalue weighted by atomic mass is 16.5. The van der Waals surface area contributed by atoms with Crippen LogP contribution in [0.15, 0.2) is 85.0 Å². The highest BCUT2D eigenvalue weighted by molar-refractivity contribution is 5.81. The Balaban J connectivity index is 0.000000248. The van der Waals surface area contributed by atoms with E-state index in [1.165, 1.54) is 14.2 Å². The van der Waals surface area contributed by atoms with E-state index >= 15 is 0 Å². The number of alkyl carbamates (subject to hydrolysis) is 1. The summed E-state index contributed by atoms with van der Waals surface area (Å²) in [7, 11) is 2.63. The molecule has 1 amide bonds. The molecule has 4 rings (SSSR count). The molecule has 0 aliphatic heterocycles. The van der Waals surface area contributed by atoms with E-state index in [0.29, 0.717) is 25.7 Å². The summed E-state index contributed by atoms with van der Waals surface area (Å²) >= 11 is 0. The Morgan fingerprint density at radius 2 is 1.19 bits per heavy atom. The highest BCUT2D eigenvalue weighted by Crippen LogP contribution is 2.26. The van der Waals surface area contributed by atoms with Gasteiger partial charge in [0, 0.05) is 6.04 Å². The molecule has 0 saturated heterocycles. The molecule has 0 bridgehead atoms. The van der Waals surface area contributed by atoms with Crippen LogP contribution in [0.2, 0.25) is 0 Å². The number of methoxy groups -OCH3 is 2. The number of esters is 2. The number of carboxylic acid groups (broad SMARTS) is 1. The lowest BCUT2D eigenvalue weighted by atomic mass is 9.83. The normalized spacial score (nSPS) is 20.4. The van der Waals surface area contributed by atoms with E-state index in [9.17, 15) is 19.2 Å². The second kappa shape index (κ2) is 18.8. The van der Waals surface area contributed by atoms with Gasteiger partial charge < -0.3 is 29.7 Å². The van der Waals surface area contributed by atoms with Crippen LogP contribution in [0.25, 0.3) is 0 Å². The van der Waals surface area contributed by atoms with Crippen LogP contribution in [0.3, 0.4) is 0 Å². The lowest BCUT2D eigenvalue weighted by Crippen LogP contribution is -2.44. The molecule has 0 aromatic heterocycles. The first-order chi connectivity index (χ1) is 20.3. The summed E-state index contributed by atoms with van der Waals surface area (Å²) in [6.45, 7) is 0.346. The van der Waals surface area contributed by atoms with Crippen molar-refractivity contribution in [1.82, 2.24) is 5.32 Å². The van der Waals surface area contributed by atoms with Crippen LogP contribution in [0.4, 0.5) is 4.79 Å². The van der Waals surface area contributed by atoms with Gasteiger partial charge in [-0.25, -0.2) is 4.79 Å². The van der Waals surface area contributed by atoms with Crippen molar-refractivity contribution < 1.29 is 43.6 Å². The number of hydrogen-bond acceptors (Lipinski definition) is 8. The van der Waals surface area contributed by atoms with Crippen LogP contribution in [0.1, 0.15) is 36.8 Å². The maximum atomic E-state index is 11.8. The highest BCUT2D eigenvalue weighted by Gasteiger charge is 2.34. The average molecular weight is 582 g/mol. The first-order valence-corrected chi connectivity index (χ1v) is 13.6. The SMILES string of the molecule is COC(=O)[C@H]1CC=CC[C@H]1C(=O)O.COC(=O)[C@H]1CC=CC[C@H]1NC(=O)OCc1ccccc1.OCc1ccccc1. The number of allylic oxidation sites excluding steroid dienone is 3. The van der Waals surface area contributed by atoms with E-state index in [2.05, 4.69) is 10.1 Å². The van der Waals surface area contributed by atoms with Gasteiger partial charge in [0.1, 0.15) is 6.61 Å². The molecule has 10 nitrogen and oxygen atoms in total. The summed E-state index contributed by atoms with van der Waals surface area (Å²) in [4.78, 5) is 45.4. The lowest BCUT2D eigenvalue weighted by molar-refractivity contribution is -0.155. The minimum absolute atomic E-state index is 0.140. The van der Waals surface area contributed by atoms with Crippen LogP contribution in [0.5, 0.6) is 0 Å². The van der Waals surface area contributed by atoms with Crippen LogP contribution in [-0.4, -0.2) is 54.5 Å². The number of aliphatic carboxylic acids is 1. The van der Waals surface area contributed by atoms with Crippen molar-refractivity contribution in [3.8, 4) is 0 Å². The Hall–Kier alpha value is -4.44. The fraction of sp³-hybridized carbons (Fsp3) is 0.375. The lowest BCUT2D eigenvalue weighted by Gasteiger charge is -2.26. The van der Waals surface area contributed by atoms with Crippen LogP contribution >= 0.6 is 0 Å². The molecule has 2 aliphatic rings. The van der Waals surface area contributed by atoms with Gasteiger partial charge in [-0.3, -0.25) is 14.4 Å². The monoisotopic (exact) mass is 581 g/mol. The average Bonchev–Trinajstić information content (AvgIpc) is 3.04. The zero-order valence-electron chi connectivity index (χ0n) is 23.9. The second-order valence-corrected chi connectivity index (χ2v) is 9.55. The van der Waals surface area contributed by atoms with Crippen molar-refractivity contribution in [3.05, 3.63) is 96.1 Å². The van der Waals surface area contributed by atoms with Crippen molar-refractivity contribution in [2.45, 2.75) is 44.9 Å². The standard InChI is InChI=1S/C16H19NO4.C9H12O4.C7H8O/c1-20-15(18)13-9-5-6-10-14(13)17-16(19)21-11-12-7-3-2-4-8-12;1-13-9(12)7-5-3-2-4-6(7)8(10)11;8-6-7-4-2-1-3-5-7/h2-8,13-14H,9-11H2,1H3,(H,17,19);2-3,6-7H,4-5H2,1H3,(H,10,11);1-5,8H,6H2/t13-,14+;6-,7+;/m01./s1. The van der Waals surface area contributed by atoms with Gasteiger partial charge in [0.2, 0.25) is 0 Å². The molecule has 0 heterocycles. The van der Waals surface area contributed by atoms with Gasteiger partial charge in [0.25, 0.3) is 0 Å². The maximum Gasteiger partial charge on any atom is 0.407 e. The summed E-state index contributed by atoms with van der Waals surface area (Å²) in [5.41, 5.74) is 1.88. The minimum atomic E-state index is -0.931. The van der Waals surface area contributed by atoms with Gasteiger partial charge >= 0.3 is 24.0 Å². The quantitative estimate of drug-likeness (QED) is 0.245. The summed E-state index contributed by atoms with van der Waals surface area (Å²) in [5.74, 6) is -3.18. The van der Waals surface area contributed by atoms with Gasteiger partial charge in [0.15, 0.2) is 0 Å². The number of aliphatic hydroxyl groups excluding tert-OH is 1. The second-order valence-electron chi connectivity index (χ2n) is 9.55. The number of rotatable bonds is 7. The first-order valence-electron chi connectivity index (χ1n) is 13.6. The molecule has 226 valence electrons. The number of aliphatic hydroxyl groups is 1. The topological polar surface area (TPSA) is 148 Å². The zero-order valence-corrected chi connectivity index (χ0v) is 23.9. The molecular formula is C32H39NO9. The first kappa shape index (κ1) is 33.8. The van der Waals surface area contributed by atoms with Gasteiger partial charge in [-0.2, -0.15) is 0 Å². The Kier molecular flexibility index (Phi) is 15.1. The van der Waals surface area contributed by atoms with Crippen molar-refractivity contribution >= 4 is 24.0 Å². The number of carbonyl (C=O) groups excluding carboxylic acids is 3. The third kappa shape index (κ3) is 11.6. The summed E-state index contributed by atoms with van der Waals surface area (Å²) < 4.78 is 14.5. The summed E-state index contributed by atoms with van der Waals surface area (Å²) in [6.07, 6.45) is 9.00. The Labute approximate surface area is 246 Å². The molecule has 0 unspecified atom stereocenters. The van der Waals surface area contributed by atoms with Crippen LogP contribution in [-0.2, 0) is 41.8 Å². The van der Waals surface area contributed by atoms with E-state index in [1.807, 2.05) is 78.9 Å². The molecule has 0 radical (unpaired) electrons. The van der Waals surface area contributed by atoms with Crippen molar-refractivity contribution in [2.75, 3.05) is 14.2 Å². The van der Waals surface area contributed by atoms with E-state index in [1.54, 1.807) is 6.08 Å².